The summed E-state index contributed by atoms with van der Waals surface area (Å²) in [6.07, 6.45) is 25.8. The Labute approximate surface area is 264 Å². The van der Waals surface area contributed by atoms with Gasteiger partial charge in [-0.1, -0.05) is 142 Å². The number of carbonyl (C=O) groups excluding carboxylic acids is 2. The van der Waals surface area contributed by atoms with Gasteiger partial charge in [-0.2, -0.15) is 0 Å². The summed E-state index contributed by atoms with van der Waals surface area (Å²) in [4.78, 5) is 27.0. The molecular weight excluding hydrogens is 536 g/mol. The Bertz CT molecular complexity index is 741. The molecule has 0 unspecified atom stereocenters. The first-order chi connectivity index (χ1) is 21.0. The second-order valence-corrected chi connectivity index (χ2v) is 12.3. The molecule has 0 aliphatic carbocycles. The number of benzene rings is 1. The van der Waals surface area contributed by atoms with E-state index >= 15 is 0 Å². The van der Waals surface area contributed by atoms with Crippen molar-refractivity contribution in [1.82, 2.24) is 4.90 Å². The number of carbonyl (C=O) groups is 2. The summed E-state index contributed by atoms with van der Waals surface area (Å²) < 4.78 is 11.0. The van der Waals surface area contributed by atoms with Gasteiger partial charge in [-0.15, -0.1) is 0 Å². The molecule has 0 fully saturated rings. The Morgan fingerprint density at radius 1 is 0.558 bits per heavy atom. The monoisotopic (exact) mass is 603 g/mol. The molecule has 0 heterocycles. The molecule has 0 saturated carbocycles. The molecule has 0 spiro atoms. The van der Waals surface area contributed by atoms with Crippen molar-refractivity contribution in [2.24, 2.45) is 0 Å². The second kappa shape index (κ2) is 28.7. The van der Waals surface area contributed by atoms with Crippen molar-refractivity contribution in [2.75, 3.05) is 32.0 Å². The standard InChI is InChI=1S/C37H66N2O4/c1-3-5-7-9-11-13-15-17-19-21-31-42-36(40)27-29-39(33-34-23-25-35(38)26-24-34)30-28-37(41)43-32-22-20-18-16-14-12-10-8-6-4-2/h23-26H,3-22,27-33,38H2,1-2H3. The number of hydrogen-bond donors (Lipinski definition) is 1. The second-order valence-electron chi connectivity index (χ2n) is 12.3. The molecule has 0 aliphatic heterocycles. The van der Waals surface area contributed by atoms with Gasteiger partial charge in [0.05, 0.1) is 26.1 Å². The van der Waals surface area contributed by atoms with Crippen LogP contribution in [0.2, 0.25) is 0 Å². The summed E-state index contributed by atoms with van der Waals surface area (Å²) in [5.74, 6) is -0.330. The van der Waals surface area contributed by atoms with Crippen LogP contribution in [0.4, 0.5) is 5.69 Å². The lowest BCUT2D eigenvalue weighted by atomic mass is 10.1. The molecule has 1 aromatic rings. The number of ether oxygens (including phenoxy) is 2. The third-order valence-corrected chi connectivity index (χ3v) is 8.17. The largest absolute Gasteiger partial charge is 0.466 e. The van der Waals surface area contributed by atoms with E-state index in [9.17, 15) is 9.59 Å². The van der Waals surface area contributed by atoms with Crippen molar-refractivity contribution in [3.8, 4) is 0 Å². The third-order valence-electron chi connectivity index (χ3n) is 8.17. The number of unbranched alkanes of at least 4 members (excludes halogenated alkanes) is 18. The number of nitrogens with two attached hydrogens (primary N) is 1. The Morgan fingerprint density at radius 3 is 1.28 bits per heavy atom. The minimum atomic E-state index is -0.165. The van der Waals surface area contributed by atoms with Crippen molar-refractivity contribution < 1.29 is 19.1 Å². The lowest BCUT2D eigenvalue weighted by molar-refractivity contribution is -0.144. The molecule has 6 heteroatoms. The Kier molecular flexibility index (Phi) is 26.0. The van der Waals surface area contributed by atoms with Crippen molar-refractivity contribution in [3.63, 3.8) is 0 Å². The Balaban J connectivity index is 2.22. The van der Waals surface area contributed by atoms with E-state index in [1.807, 2.05) is 24.3 Å². The highest BCUT2D eigenvalue weighted by Crippen LogP contribution is 2.13. The van der Waals surface area contributed by atoms with E-state index in [0.717, 1.165) is 36.9 Å². The van der Waals surface area contributed by atoms with Gasteiger partial charge in [0, 0.05) is 25.3 Å². The molecule has 1 aromatic carbocycles. The molecular formula is C37H66N2O4. The normalized spacial score (nSPS) is 11.2. The summed E-state index contributed by atoms with van der Waals surface area (Å²) in [5, 5.41) is 0. The van der Waals surface area contributed by atoms with E-state index in [2.05, 4.69) is 18.7 Å². The molecule has 0 atom stereocenters. The van der Waals surface area contributed by atoms with E-state index < -0.39 is 0 Å². The molecule has 0 aliphatic rings. The quantitative estimate of drug-likeness (QED) is 0.0536. The number of anilines is 1. The van der Waals surface area contributed by atoms with E-state index in [-0.39, 0.29) is 11.9 Å². The first kappa shape index (κ1) is 38.9. The number of hydrogen-bond acceptors (Lipinski definition) is 6. The average Bonchev–Trinajstić information content (AvgIpc) is 3.01. The fourth-order valence-corrected chi connectivity index (χ4v) is 5.35. The molecule has 0 bridgehead atoms. The molecule has 2 N–H and O–H groups in total. The topological polar surface area (TPSA) is 81.9 Å². The van der Waals surface area contributed by atoms with Gasteiger partial charge >= 0.3 is 11.9 Å². The van der Waals surface area contributed by atoms with Crippen molar-refractivity contribution >= 4 is 17.6 Å². The summed E-state index contributed by atoms with van der Waals surface area (Å²) in [5.41, 5.74) is 7.67. The molecule has 0 radical (unpaired) electrons. The fraction of sp³-hybridized carbons (Fsp3) is 0.784. The van der Waals surface area contributed by atoms with Crippen LogP contribution in [0.1, 0.15) is 161 Å². The van der Waals surface area contributed by atoms with Crippen molar-refractivity contribution in [3.05, 3.63) is 29.8 Å². The average molecular weight is 603 g/mol. The summed E-state index contributed by atoms with van der Waals surface area (Å²) in [6.45, 7) is 7.25. The van der Waals surface area contributed by atoms with E-state index in [4.69, 9.17) is 15.2 Å². The number of esters is 2. The minimum absolute atomic E-state index is 0.165. The molecule has 0 amide bonds. The highest BCUT2D eigenvalue weighted by Gasteiger charge is 2.13. The van der Waals surface area contributed by atoms with Gasteiger partial charge in [0.1, 0.15) is 0 Å². The summed E-state index contributed by atoms with van der Waals surface area (Å²) in [7, 11) is 0. The maximum Gasteiger partial charge on any atom is 0.307 e. The van der Waals surface area contributed by atoms with Crippen LogP contribution in [0, 0.1) is 0 Å². The predicted octanol–water partition coefficient (Wildman–Crippen LogP) is 9.78. The lowest BCUT2D eigenvalue weighted by Gasteiger charge is -2.22. The Hall–Kier alpha value is -2.08. The van der Waals surface area contributed by atoms with Crippen LogP contribution in [0.25, 0.3) is 0 Å². The fourth-order valence-electron chi connectivity index (χ4n) is 5.35. The molecule has 248 valence electrons. The van der Waals surface area contributed by atoms with E-state index in [1.54, 1.807) is 0 Å². The van der Waals surface area contributed by atoms with Gasteiger partial charge in [0.15, 0.2) is 0 Å². The highest BCUT2D eigenvalue weighted by molar-refractivity contribution is 5.70. The third kappa shape index (κ3) is 25.0. The highest BCUT2D eigenvalue weighted by atomic mass is 16.5. The maximum atomic E-state index is 12.4. The van der Waals surface area contributed by atoms with Crippen molar-refractivity contribution in [2.45, 2.75) is 162 Å². The zero-order valence-corrected chi connectivity index (χ0v) is 28.1. The zero-order chi connectivity index (χ0) is 31.2. The SMILES string of the molecule is CCCCCCCCCCCCOC(=O)CCN(CCC(=O)OCCCCCCCCCCCC)Cc1ccc(N)cc1. The van der Waals surface area contributed by atoms with Gasteiger partial charge in [-0.3, -0.25) is 14.5 Å². The maximum absolute atomic E-state index is 12.4. The van der Waals surface area contributed by atoms with Gasteiger partial charge in [-0.25, -0.2) is 0 Å². The van der Waals surface area contributed by atoms with Crippen LogP contribution < -0.4 is 5.73 Å². The number of nitrogens with zero attached hydrogens (tertiary/aromatic N) is 1. The number of nitrogen functional groups attached to an aromatic ring is 1. The van der Waals surface area contributed by atoms with Crippen LogP contribution in [-0.4, -0.2) is 43.1 Å². The van der Waals surface area contributed by atoms with Gasteiger partial charge < -0.3 is 15.2 Å². The summed E-state index contributed by atoms with van der Waals surface area (Å²) >= 11 is 0. The van der Waals surface area contributed by atoms with Crippen LogP contribution in [0.3, 0.4) is 0 Å². The zero-order valence-electron chi connectivity index (χ0n) is 28.1. The first-order valence-corrected chi connectivity index (χ1v) is 17.9. The van der Waals surface area contributed by atoms with Gasteiger partial charge in [0.2, 0.25) is 0 Å². The smallest absolute Gasteiger partial charge is 0.307 e. The molecule has 6 nitrogen and oxygen atoms in total. The van der Waals surface area contributed by atoms with Crippen LogP contribution in [-0.2, 0) is 25.6 Å². The minimum Gasteiger partial charge on any atom is -0.466 e. The van der Waals surface area contributed by atoms with Gasteiger partial charge in [0.25, 0.3) is 0 Å². The van der Waals surface area contributed by atoms with Crippen molar-refractivity contribution in [1.29, 1.82) is 0 Å². The van der Waals surface area contributed by atoms with E-state index in [1.165, 1.54) is 103 Å². The molecule has 43 heavy (non-hydrogen) atoms. The van der Waals surface area contributed by atoms with E-state index in [0.29, 0.717) is 45.7 Å². The summed E-state index contributed by atoms with van der Waals surface area (Å²) in [6, 6.07) is 7.76. The van der Waals surface area contributed by atoms with Crippen LogP contribution in [0.15, 0.2) is 24.3 Å². The molecule has 1 rings (SSSR count). The van der Waals surface area contributed by atoms with Gasteiger partial charge in [-0.05, 0) is 30.5 Å². The van der Waals surface area contributed by atoms with Crippen LogP contribution in [0.5, 0.6) is 0 Å². The Morgan fingerprint density at radius 2 is 0.907 bits per heavy atom. The number of rotatable bonds is 30. The lowest BCUT2D eigenvalue weighted by Crippen LogP contribution is -2.29. The van der Waals surface area contributed by atoms with Crippen LogP contribution >= 0.6 is 0 Å². The molecule has 0 saturated heterocycles. The first-order valence-electron chi connectivity index (χ1n) is 17.9. The predicted molar refractivity (Wildman–Crippen MR) is 181 cm³/mol. The molecule has 0 aromatic heterocycles.